The number of sulfonamides is 1. The number of benzene rings is 1. The SMILES string of the molecule is CCCn1c(=O)n(C)c(=O)c2[nH]c(-c3ccc(S(=O)(=O)N4CCN(Cc5cccs5)CC4)cc3)cc21. The van der Waals surface area contributed by atoms with Gasteiger partial charge in [0, 0.05) is 56.9 Å². The largest absolute Gasteiger partial charge is 0.349 e. The highest BCUT2D eigenvalue weighted by molar-refractivity contribution is 7.89. The molecule has 0 unspecified atom stereocenters. The fourth-order valence-corrected chi connectivity index (χ4v) is 6.83. The molecule has 0 amide bonds. The molecule has 0 atom stereocenters. The van der Waals surface area contributed by atoms with Crippen LogP contribution in [0.1, 0.15) is 18.2 Å². The van der Waals surface area contributed by atoms with Crippen LogP contribution in [0.4, 0.5) is 0 Å². The van der Waals surface area contributed by atoms with Gasteiger partial charge in [0.25, 0.3) is 5.56 Å². The lowest BCUT2D eigenvalue weighted by molar-refractivity contribution is 0.183. The van der Waals surface area contributed by atoms with Crippen molar-refractivity contribution < 1.29 is 8.42 Å². The van der Waals surface area contributed by atoms with Gasteiger partial charge in [0.05, 0.1) is 10.4 Å². The summed E-state index contributed by atoms with van der Waals surface area (Å²) >= 11 is 1.71. The van der Waals surface area contributed by atoms with Crippen LogP contribution in [-0.2, 0) is 30.2 Å². The van der Waals surface area contributed by atoms with E-state index in [9.17, 15) is 18.0 Å². The summed E-state index contributed by atoms with van der Waals surface area (Å²) in [5.74, 6) is 0. The molecule has 0 saturated carbocycles. The highest BCUT2D eigenvalue weighted by Gasteiger charge is 2.28. The van der Waals surface area contributed by atoms with Crippen LogP contribution in [0.25, 0.3) is 22.3 Å². The summed E-state index contributed by atoms with van der Waals surface area (Å²) in [6.45, 7) is 5.61. The number of aromatic amines is 1. The third kappa shape index (κ3) is 4.47. The number of hydrogen-bond acceptors (Lipinski definition) is 6. The minimum absolute atomic E-state index is 0.243. The Morgan fingerprint density at radius 1 is 1.03 bits per heavy atom. The van der Waals surface area contributed by atoms with Crippen LogP contribution in [-0.4, -0.2) is 57.9 Å². The molecule has 5 rings (SSSR count). The third-order valence-electron chi connectivity index (χ3n) is 6.67. The van der Waals surface area contributed by atoms with Gasteiger partial charge in [-0.15, -0.1) is 11.3 Å². The Labute approximate surface area is 213 Å². The quantitative estimate of drug-likeness (QED) is 0.398. The van der Waals surface area contributed by atoms with Crippen molar-refractivity contribution in [1.29, 1.82) is 0 Å². The van der Waals surface area contributed by atoms with Crippen LogP contribution in [0.3, 0.4) is 0 Å². The number of rotatable bonds is 7. The molecule has 11 heteroatoms. The first-order valence-corrected chi connectivity index (χ1v) is 14.3. The van der Waals surface area contributed by atoms with E-state index in [0.717, 1.165) is 23.1 Å². The first-order chi connectivity index (χ1) is 17.3. The molecule has 1 aromatic carbocycles. The minimum Gasteiger partial charge on any atom is -0.349 e. The van der Waals surface area contributed by atoms with E-state index in [1.165, 1.54) is 11.9 Å². The van der Waals surface area contributed by atoms with Gasteiger partial charge in [-0.2, -0.15) is 4.31 Å². The van der Waals surface area contributed by atoms with Crippen molar-refractivity contribution in [3.05, 3.63) is 73.6 Å². The second-order valence-electron chi connectivity index (χ2n) is 9.03. The van der Waals surface area contributed by atoms with E-state index >= 15 is 0 Å². The molecule has 36 heavy (non-hydrogen) atoms. The lowest BCUT2D eigenvalue weighted by Gasteiger charge is -2.33. The first kappa shape index (κ1) is 24.7. The van der Waals surface area contributed by atoms with Crippen LogP contribution in [0, 0.1) is 0 Å². The molecule has 1 aliphatic heterocycles. The van der Waals surface area contributed by atoms with Crippen molar-refractivity contribution in [2.24, 2.45) is 7.05 Å². The highest BCUT2D eigenvalue weighted by Crippen LogP contribution is 2.25. The Hall–Kier alpha value is -2.99. The Bertz CT molecular complexity index is 1590. The molecule has 0 bridgehead atoms. The summed E-state index contributed by atoms with van der Waals surface area (Å²) in [4.78, 5) is 32.2. The Morgan fingerprint density at radius 3 is 2.39 bits per heavy atom. The summed E-state index contributed by atoms with van der Waals surface area (Å²) < 4.78 is 30.8. The molecule has 1 saturated heterocycles. The Morgan fingerprint density at radius 2 is 1.75 bits per heavy atom. The number of fused-ring (bicyclic) bond motifs is 1. The summed E-state index contributed by atoms with van der Waals surface area (Å²) in [5.41, 5.74) is 1.57. The zero-order valence-electron chi connectivity index (χ0n) is 20.3. The lowest BCUT2D eigenvalue weighted by atomic mass is 10.1. The van der Waals surface area contributed by atoms with Gasteiger partial charge in [-0.25, -0.2) is 13.2 Å². The fraction of sp³-hybridized carbons (Fsp3) is 0.360. The maximum atomic E-state index is 13.3. The van der Waals surface area contributed by atoms with Crippen molar-refractivity contribution in [1.82, 2.24) is 23.3 Å². The van der Waals surface area contributed by atoms with Gasteiger partial charge in [0.15, 0.2) is 0 Å². The van der Waals surface area contributed by atoms with Crippen LogP contribution >= 0.6 is 11.3 Å². The van der Waals surface area contributed by atoms with Gasteiger partial charge >= 0.3 is 5.69 Å². The molecule has 0 aliphatic carbocycles. The van der Waals surface area contributed by atoms with Crippen LogP contribution in [0.2, 0.25) is 0 Å². The maximum Gasteiger partial charge on any atom is 0.331 e. The second kappa shape index (κ2) is 9.81. The summed E-state index contributed by atoms with van der Waals surface area (Å²) in [5, 5.41) is 2.05. The van der Waals surface area contributed by atoms with Crippen molar-refractivity contribution in [2.45, 2.75) is 31.3 Å². The van der Waals surface area contributed by atoms with Gasteiger partial charge in [0.2, 0.25) is 10.0 Å². The maximum absolute atomic E-state index is 13.3. The van der Waals surface area contributed by atoms with E-state index < -0.39 is 10.0 Å². The zero-order chi connectivity index (χ0) is 25.4. The summed E-state index contributed by atoms with van der Waals surface area (Å²) in [6.07, 6.45) is 0.753. The van der Waals surface area contributed by atoms with E-state index in [1.807, 2.05) is 13.0 Å². The molecule has 3 aromatic heterocycles. The van der Waals surface area contributed by atoms with Crippen molar-refractivity contribution in [2.75, 3.05) is 26.2 Å². The molecule has 190 valence electrons. The molecule has 4 heterocycles. The number of H-pyrrole nitrogens is 1. The van der Waals surface area contributed by atoms with Crippen molar-refractivity contribution in [3.63, 3.8) is 0 Å². The summed E-state index contributed by atoms with van der Waals surface area (Å²) in [7, 11) is -2.13. The van der Waals surface area contributed by atoms with Gasteiger partial charge in [0.1, 0.15) is 5.52 Å². The van der Waals surface area contributed by atoms with Crippen molar-refractivity contribution >= 4 is 32.4 Å². The molecule has 9 nitrogen and oxygen atoms in total. The molecular weight excluding hydrogens is 498 g/mol. The predicted octanol–water partition coefficient (Wildman–Crippen LogP) is 2.67. The molecule has 4 aromatic rings. The Kier molecular flexibility index (Phi) is 6.73. The van der Waals surface area contributed by atoms with E-state index in [-0.39, 0.29) is 16.1 Å². The lowest BCUT2D eigenvalue weighted by Crippen LogP contribution is -2.48. The standard InChI is InChI=1S/C25H29N5O4S2/c1-3-10-30-22-16-21(26-23(22)24(31)27(2)25(30)32)18-6-8-20(9-7-18)36(33,34)29-13-11-28(12-14-29)17-19-5-4-15-35-19/h4-9,15-16,26H,3,10-14,17H2,1-2H3. The van der Waals surface area contributed by atoms with E-state index in [2.05, 4.69) is 21.3 Å². The average molecular weight is 528 g/mol. The van der Waals surface area contributed by atoms with Gasteiger partial charge in [-0.1, -0.05) is 25.1 Å². The normalized spacial score (nSPS) is 15.6. The second-order valence-corrected chi connectivity index (χ2v) is 12.0. The molecule has 0 spiro atoms. The number of piperazine rings is 1. The number of thiophene rings is 1. The zero-order valence-corrected chi connectivity index (χ0v) is 21.9. The van der Waals surface area contributed by atoms with E-state index in [4.69, 9.17) is 0 Å². The number of nitrogens with zero attached hydrogens (tertiary/aromatic N) is 4. The smallest absolute Gasteiger partial charge is 0.331 e. The molecule has 1 N–H and O–H groups in total. The van der Waals surface area contributed by atoms with E-state index in [1.54, 1.807) is 50.5 Å². The van der Waals surface area contributed by atoms with Gasteiger partial charge < -0.3 is 4.98 Å². The molecule has 0 radical (unpaired) electrons. The number of hydrogen-bond donors (Lipinski definition) is 1. The molecular formula is C25H29N5O4S2. The van der Waals surface area contributed by atoms with Crippen LogP contribution in [0.5, 0.6) is 0 Å². The van der Waals surface area contributed by atoms with Crippen LogP contribution in [0.15, 0.2) is 62.3 Å². The van der Waals surface area contributed by atoms with Crippen molar-refractivity contribution in [3.8, 4) is 11.3 Å². The predicted molar refractivity (Wildman–Crippen MR) is 142 cm³/mol. The monoisotopic (exact) mass is 527 g/mol. The van der Waals surface area contributed by atoms with E-state index in [0.29, 0.717) is 49.5 Å². The minimum atomic E-state index is -3.60. The van der Waals surface area contributed by atoms with Gasteiger partial charge in [-0.3, -0.25) is 18.8 Å². The number of aryl methyl sites for hydroxylation is 1. The molecule has 1 aliphatic rings. The number of aromatic nitrogens is 3. The fourth-order valence-electron chi connectivity index (χ4n) is 4.66. The average Bonchev–Trinajstić information content (AvgIpc) is 3.56. The first-order valence-electron chi connectivity index (χ1n) is 12.0. The number of nitrogens with one attached hydrogen (secondary N) is 1. The third-order valence-corrected chi connectivity index (χ3v) is 9.44. The topological polar surface area (TPSA) is 100 Å². The molecule has 1 fully saturated rings. The Balaban J connectivity index is 1.36. The summed E-state index contributed by atoms with van der Waals surface area (Å²) in [6, 6.07) is 12.6. The highest BCUT2D eigenvalue weighted by atomic mass is 32.2. The van der Waals surface area contributed by atoms with Gasteiger partial charge in [-0.05, 0) is 41.6 Å². The van der Waals surface area contributed by atoms with Crippen LogP contribution < -0.4 is 11.2 Å².